The van der Waals surface area contributed by atoms with E-state index in [4.69, 9.17) is 4.74 Å². The first-order chi connectivity index (χ1) is 12.0. The minimum atomic E-state index is -0.801. The van der Waals surface area contributed by atoms with E-state index >= 15 is 0 Å². The Labute approximate surface area is 141 Å². The van der Waals surface area contributed by atoms with Gasteiger partial charge in [-0.15, -0.1) is 0 Å². The second-order valence-electron chi connectivity index (χ2n) is 5.11. The molecule has 0 fully saturated rings. The first-order valence-electron chi connectivity index (χ1n) is 7.31. The van der Waals surface area contributed by atoms with Gasteiger partial charge in [-0.25, -0.2) is 22.9 Å². The minimum absolute atomic E-state index is 0.139. The predicted octanol–water partition coefficient (Wildman–Crippen LogP) is 5.44. The van der Waals surface area contributed by atoms with Crippen molar-refractivity contribution in [1.82, 2.24) is 0 Å². The van der Waals surface area contributed by atoms with Crippen LogP contribution in [0.25, 0.3) is 0 Å². The quantitative estimate of drug-likeness (QED) is 0.634. The summed E-state index contributed by atoms with van der Waals surface area (Å²) in [6.07, 6.45) is -0.801. The molecule has 0 aliphatic carbocycles. The van der Waals surface area contributed by atoms with Crippen LogP contribution in [0.1, 0.15) is 0 Å². The molecule has 3 aromatic rings. The lowest BCUT2D eigenvalue weighted by molar-refractivity contribution is 0.210. The maximum atomic E-state index is 13.2. The first-order valence-corrected chi connectivity index (χ1v) is 7.31. The van der Waals surface area contributed by atoms with Gasteiger partial charge in [-0.3, -0.25) is 0 Å². The topological polar surface area (TPSA) is 29.5 Å². The summed E-state index contributed by atoms with van der Waals surface area (Å²) in [4.78, 5) is 13.7. The van der Waals surface area contributed by atoms with E-state index in [1.807, 2.05) is 0 Å². The van der Waals surface area contributed by atoms with Crippen LogP contribution in [0.15, 0.2) is 72.8 Å². The van der Waals surface area contributed by atoms with Gasteiger partial charge in [0.1, 0.15) is 23.2 Å². The third-order valence-corrected chi connectivity index (χ3v) is 3.37. The van der Waals surface area contributed by atoms with Crippen molar-refractivity contribution in [2.45, 2.75) is 0 Å². The summed E-state index contributed by atoms with van der Waals surface area (Å²) in [5, 5.41) is 0. The number of amides is 1. The van der Waals surface area contributed by atoms with Crippen LogP contribution in [0.2, 0.25) is 0 Å². The predicted molar refractivity (Wildman–Crippen MR) is 87.4 cm³/mol. The fraction of sp³-hybridized carbons (Fsp3) is 0. The molecule has 0 radical (unpaired) electrons. The molecule has 3 nitrogen and oxygen atoms in total. The number of benzene rings is 3. The molecule has 6 heteroatoms. The summed E-state index contributed by atoms with van der Waals surface area (Å²) in [5.74, 6) is -1.25. The second-order valence-corrected chi connectivity index (χ2v) is 5.11. The Morgan fingerprint density at radius 1 is 0.640 bits per heavy atom. The van der Waals surface area contributed by atoms with Crippen LogP contribution in [-0.4, -0.2) is 6.09 Å². The van der Waals surface area contributed by atoms with Gasteiger partial charge >= 0.3 is 6.09 Å². The van der Waals surface area contributed by atoms with Crippen molar-refractivity contribution >= 4 is 17.5 Å². The molecule has 126 valence electrons. The maximum Gasteiger partial charge on any atom is 0.424 e. The number of ether oxygens (including phenoxy) is 1. The van der Waals surface area contributed by atoms with Crippen LogP contribution in [0.5, 0.6) is 5.75 Å². The molecule has 0 aliphatic heterocycles. The number of carbonyl (C=O) groups is 1. The van der Waals surface area contributed by atoms with E-state index in [1.165, 1.54) is 60.7 Å². The lowest BCUT2D eigenvalue weighted by Crippen LogP contribution is -2.29. The Morgan fingerprint density at radius 3 is 1.40 bits per heavy atom. The molecule has 0 aliphatic rings. The van der Waals surface area contributed by atoms with Crippen molar-refractivity contribution in [3.05, 3.63) is 90.2 Å². The number of hydrogen-bond acceptors (Lipinski definition) is 2. The van der Waals surface area contributed by atoms with E-state index in [0.29, 0.717) is 11.4 Å². The van der Waals surface area contributed by atoms with Gasteiger partial charge in [0.15, 0.2) is 0 Å². The van der Waals surface area contributed by atoms with Gasteiger partial charge in [-0.2, -0.15) is 0 Å². The molecule has 0 saturated carbocycles. The average molecular weight is 343 g/mol. The highest BCUT2D eigenvalue weighted by molar-refractivity contribution is 5.97. The molecule has 0 atom stereocenters. The molecule has 3 aromatic carbocycles. The molecule has 3 rings (SSSR count). The zero-order chi connectivity index (χ0) is 17.8. The highest BCUT2D eigenvalue weighted by Crippen LogP contribution is 2.27. The Balaban J connectivity index is 1.94. The van der Waals surface area contributed by atoms with Crippen LogP contribution < -0.4 is 9.64 Å². The van der Waals surface area contributed by atoms with Crippen molar-refractivity contribution in [2.75, 3.05) is 4.90 Å². The molecule has 0 bridgehead atoms. The summed E-state index contributed by atoms with van der Waals surface area (Å²) >= 11 is 0. The molecule has 0 unspecified atom stereocenters. The molecule has 25 heavy (non-hydrogen) atoms. The fourth-order valence-corrected chi connectivity index (χ4v) is 2.19. The van der Waals surface area contributed by atoms with E-state index in [-0.39, 0.29) is 5.75 Å². The first kappa shape index (κ1) is 16.6. The third kappa shape index (κ3) is 3.98. The van der Waals surface area contributed by atoms with Crippen LogP contribution in [0.4, 0.5) is 29.3 Å². The fourth-order valence-electron chi connectivity index (χ4n) is 2.19. The summed E-state index contributed by atoms with van der Waals surface area (Å²) < 4.78 is 44.5. The van der Waals surface area contributed by atoms with Crippen molar-refractivity contribution in [3.8, 4) is 5.75 Å². The zero-order valence-corrected chi connectivity index (χ0v) is 12.8. The third-order valence-electron chi connectivity index (χ3n) is 3.37. The van der Waals surface area contributed by atoms with Gasteiger partial charge in [-0.1, -0.05) is 0 Å². The second kappa shape index (κ2) is 7.09. The van der Waals surface area contributed by atoms with Crippen molar-refractivity contribution in [2.24, 2.45) is 0 Å². The maximum absolute atomic E-state index is 13.2. The summed E-state index contributed by atoms with van der Waals surface area (Å²) in [7, 11) is 0. The Bertz CT molecular complexity index is 817. The number of nitrogens with zero attached hydrogens (tertiary/aromatic N) is 1. The highest BCUT2D eigenvalue weighted by atomic mass is 19.1. The van der Waals surface area contributed by atoms with Gasteiger partial charge in [0.2, 0.25) is 0 Å². The lowest BCUT2D eigenvalue weighted by Gasteiger charge is -2.22. The largest absolute Gasteiger partial charge is 0.424 e. The monoisotopic (exact) mass is 343 g/mol. The van der Waals surface area contributed by atoms with E-state index in [9.17, 15) is 18.0 Å². The van der Waals surface area contributed by atoms with Gasteiger partial charge in [0, 0.05) is 0 Å². The number of anilines is 2. The standard InChI is InChI=1S/C19H12F3NO2/c20-13-1-7-16(8-2-13)23(17-9-3-14(21)4-10-17)19(24)25-18-11-5-15(22)6-12-18/h1-12H. The van der Waals surface area contributed by atoms with E-state index in [2.05, 4.69) is 0 Å². The molecule has 0 N–H and O–H groups in total. The van der Waals surface area contributed by atoms with Gasteiger partial charge in [-0.05, 0) is 72.8 Å². The van der Waals surface area contributed by atoms with Crippen LogP contribution in [0, 0.1) is 17.5 Å². The van der Waals surface area contributed by atoms with Crippen LogP contribution in [-0.2, 0) is 0 Å². The van der Waals surface area contributed by atoms with Crippen molar-refractivity contribution in [3.63, 3.8) is 0 Å². The number of hydrogen-bond donors (Lipinski definition) is 0. The Hall–Kier alpha value is -3.28. The summed E-state index contributed by atoms with van der Waals surface area (Å²) in [5.41, 5.74) is 0.667. The minimum Gasteiger partial charge on any atom is -0.410 e. The van der Waals surface area contributed by atoms with Gasteiger partial charge < -0.3 is 4.74 Å². The number of carbonyl (C=O) groups excluding carboxylic acids is 1. The molecule has 0 aromatic heterocycles. The zero-order valence-electron chi connectivity index (χ0n) is 12.8. The number of halogens is 3. The number of rotatable bonds is 3. The SMILES string of the molecule is O=C(Oc1ccc(F)cc1)N(c1ccc(F)cc1)c1ccc(F)cc1. The Morgan fingerprint density at radius 2 is 1.00 bits per heavy atom. The molecule has 0 spiro atoms. The van der Waals surface area contributed by atoms with E-state index < -0.39 is 23.5 Å². The van der Waals surface area contributed by atoms with Gasteiger partial charge in [0.25, 0.3) is 0 Å². The van der Waals surface area contributed by atoms with E-state index in [0.717, 1.165) is 17.0 Å². The van der Waals surface area contributed by atoms with Crippen molar-refractivity contribution < 1.29 is 22.7 Å². The molecule has 1 amide bonds. The molecular formula is C19H12F3NO2. The molecular weight excluding hydrogens is 331 g/mol. The summed E-state index contributed by atoms with van der Waals surface area (Å²) in [6, 6.07) is 15.3. The van der Waals surface area contributed by atoms with E-state index in [1.54, 1.807) is 0 Å². The Kier molecular flexibility index (Phi) is 4.70. The lowest BCUT2D eigenvalue weighted by atomic mass is 10.2. The highest BCUT2D eigenvalue weighted by Gasteiger charge is 2.20. The average Bonchev–Trinajstić information content (AvgIpc) is 2.60. The van der Waals surface area contributed by atoms with Gasteiger partial charge in [0.05, 0.1) is 11.4 Å². The smallest absolute Gasteiger partial charge is 0.410 e. The molecule has 0 saturated heterocycles. The molecule has 0 heterocycles. The normalized spacial score (nSPS) is 10.4. The van der Waals surface area contributed by atoms with Crippen molar-refractivity contribution in [1.29, 1.82) is 0 Å². The van der Waals surface area contributed by atoms with Crippen LogP contribution >= 0.6 is 0 Å². The summed E-state index contributed by atoms with van der Waals surface area (Å²) in [6.45, 7) is 0. The van der Waals surface area contributed by atoms with Crippen LogP contribution in [0.3, 0.4) is 0 Å².